The Balaban J connectivity index is 1.49. The molecule has 2 saturated heterocycles. The Bertz CT molecular complexity index is 1580. The minimum absolute atomic E-state index is 0.0557. The molecule has 2 aliphatic heterocycles. The van der Waals surface area contributed by atoms with Crippen LogP contribution in [0.3, 0.4) is 0 Å². The van der Waals surface area contributed by atoms with Gasteiger partial charge in [0.1, 0.15) is 18.0 Å². The number of methoxy groups -OCH3 is 1. The number of amides is 5. The minimum atomic E-state index is -0.910. The van der Waals surface area contributed by atoms with Crippen molar-refractivity contribution in [1.29, 1.82) is 0 Å². The molecule has 2 N–H and O–H groups in total. The SMILES string of the molecule is C=CCN1CC(=O)N2[C@@H](Cc3ccc(O)cc3)C(=O)N(Cc3cccc(N(C)C(=O)OC)c3)C[C@@H]2N1C(=O)NCc1ccccc1. The molecule has 0 aromatic heterocycles. The van der Waals surface area contributed by atoms with Crippen molar-refractivity contribution in [3.8, 4) is 5.75 Å². The van der Waals surface area contributed by atoms with Crippen molar-refractivity contribution in [3.05, 3.63) is 108 Å². The maximum atomic E-state index is 14.2. The third kappa shape index (κ3) is 6.97. The molecule has 3 aromatic rings. The van der Waals surface area contributed by atoms with Gasteiger partial charge in [-0.3, -0.25) is 14.5 Å². The van der Waals surface area contributed by atoms with Crippen LogP contribution < -0.4 is 10.2 Å². The van der Waals surface area contributed by atoms with Crippen LogP contribution in [-0.2, 0) is 33.8 Å². The predicted octanol–water partition coefficient (Wildman–Crippen LogP) is 3.33. The number of benzene rings is 3. The Morgan fingerprint density at radius 1 is 1.02 bits per heavy atom. The van der Waals surface area contributed by atoms with Crippen LogP contribution in [0.2, 0.25) is 0 Å². The van der Waals surface area contributed by atoms with Crippen LogP contribution in [0.1, 0.15) is 16.7 Å². The highest BCUT2D eigenvalue weighted by atomic mass is 16.5. The number of ether oxygens (including phenoxy) is 1. The second-order valence-electron chi connectivity index (χ2n) is 11.2. The molecule has 2 fully saturated rings. The van der Waals surface area contributed by atoms with Gasteiger partial charge >= 0.3 is 12.1 Å². The highest BCUT2D eigenvalue weighted by molar-refractivity contribution is 5.92. The van der Waals surface area contributed by atoms with Crippen molar-refractivity contribution in [2.75, 3.05) is 38.7 Å². The molecule has 0 bridgehead atoms. The number of nitrogens with one attached hydrogen (secondary N) is 1. The van der Waals surface area contributed by atoms with E-state index in [1.807, 2.05) is 36.4 Å². The van der Waals surface area contributed by atoms with E-state index < -0.39 is 24.3 Å². The van der Waals surface area contributed by atoms with E-state index in [0.717, 1.165) is 16.7 Å². The Labute approximate surface area is 268 Å². The fourth-order valence-corrected chi connectivity index (χ4v) is 5.88. The van der Waals surface area contributed by atoms with Gasteiger partial charge in [-0.15, -0.1) is 6.58 Å². The first-order valence-corrected chi connectivity index (χ1v) is 15.0. The number of fused-ring (bicyclic) bond motifs is 1. The first-order chi connectivity index (χ1) is 22.2. The second kappa shape index (κ2) is 14.2. The van der Waals surface area contributed by atoms with Gasteiger partial charge in [0.25, 0.3) is 0 Å². The van der Waals surface area contributed by atoms with Crippen LogP contribution in [0, 0.1) is 0 Å². The largest absolute Gasteiger partial charge is 0.508 e. The molecular weight excluding hydrogens is 588 g/mol. The van der Waals surface area contributed by atoms with Crippen molar-refractivity contribution < 1.29 is 29.0 Å². The summed E-state index contributed by atoms with van der Waals surface area (Å²) in [6, 6.07) is 21.9. The molecule has 2 heterocycles. The number of piperazine rings is 1. The van der Waals surface area contributed by atoms with Gasteiger partial charge in [0, 0.05) is 38.8 Å². The van der Waals surface area contributed by atoms with E-state index >= 15 is 0 Å². The maximum absolute atomic E-state index is 14.2. The van der Waals surface area contributed by atoms with Crippen molar-refractivity contribution in [3.63, 3.8) is 0 Å². The number of aromatic hydroxyl groups is 1. The molecule has 12 nitrogen and oxygen atoms in total. The third-order valence-corrected chi connectivity index (χ3v) is 8.15. The normalized spacial score (nSPS) is 18.2. The molecule has 5 rings (SSSR count). The number of carbonyl (C=O) groups is 4. The summed E-state index contributed by atoms with van der Waals surface area (Å²) in [4.78, 5) is 58.6. The zero-order chi connectivity index (χ0) is 32.8. The molecular formula is C34H38N6O6. The van der Waals surface area contributed by atoms with Gasteiger partial charge in [0.05, 0.1) is 20.2 Å². The molecule has 0 unspecified atom stereocenters. The summed E-state index contributed by atoms with van der Waals surface area (Å²) in [6.07, 6.45) is 0.474. The smallest absolute Gasteiger partial charge is 0.413 e. The Hall–Kier alpha value is -5.36. The van der Waals surface area contributed by atoms with E-state index in [2.05, 4.69) is 11.9 Å². The summed E-state index contributed by atoms with van der Waals surface area (Å²) < 4.78 is 4.85. The van der Waals surface area contributed by atoms with Crippen LogP contribution in [0.4, 0.5) is 15.3 Å². The quantitative estimate of drug-likeness (QED) is 0.349. The molecule has 2 aliphatic rings. The van der Waals surface area contributed by atoms with E-state index in [0.29, 0.717) is 5.69 Å². The van der Waals surface area contributed by atoms with Crippen LogP contribution in [0.25, 0.3) is 0 Å². The fraction of sp³-hybridized carbons (Fsp3) is 0.294. The lowest BCUT2D eigenvalue weighted by atomic mass is 9.98. The zero-order valence-corrected chi connectivity index (χ0v) is 25.9. The Morgan fingerprint density at radius 2 is 1.74 bits per heavy atom. The lowest BCUT2D eigenvalue weighted by molar-refractivity contribution is -0.189. The topological polar surface area (TPSA) is 126 Å². The zero-order valence-electron chi connectivity index (χ0n) is 25.9. The van der Waals surface area contributed by atoms with Crippen LogP contribution in [-0.4, -0.2) is 94.9 Å². The number of anilines is 1. The van der Waals surface area contributed by atoms with E-state index in [9.17, 15) is 24.3 Å². The Morgan fingerprint density at radius 3 is 2.43 bits per heavy atom. The number of rotatable bonds is 9. The molecule has 5 amide bonds. The second-order valence-corrected chi connectivity index (χ2v) is 11.2. The summed E-state index contributed by atoms with van der Waals surface area (Å²) >= 11 is 0. The van der Waals surface area contributed by atoms with E-state index in [1.165, 1.54) is 34.1 Å². The number of hydrogen-bond donors (Lipinski definition) is 2. The van der Waals surface area contributed by atoms with Gasteiger partial charge in [-0.05, 0) is 41.0 Å². The molecule has 0 aliphatic carbocycles. The average molecular weight is 627 g/mol. The predicted molar refractivity (Wildman–Crippen MR) is 171 cm³/mol. The Kier molecular flexibility index (Phi) is 9.87. The van der Waals surface area contributed by atoms with Gasteiger partial charge in [-0.25, -0.2) is 19.6 Å². The number of urea groups is 1. The van der Waals surface area contributed by atoms with Gasteiger partial charge in [-0.1, -0.05) is 60.7 Å². The maximum Gasteiger partial charge on any atom is 0.413 e. The minimum Gasteiger partial charge on any atom is -0.508 e. The highest BCUT2D eigenvalue weighted by Crippen LogP contribution is 2.30. The summed E-state index contributed by atoms with van der Waals surface area (Å²) in [5.74, 6) is -0.464. The van der Waals surface area contributed by atoms with Crippen LogP contribution in [0.15, 0.2) is 91.5 Å². The summed E-state index contributed by atoms with van der Waals surface area (Å²) in [5.41, 5.74) is 3.00. The van der Waals surface area contributed by atoms with Crippen molar-refractivity contribution in [1.82, 2.24) is 25.1 Å². The highest BCUT2D eigenvalue weighted by Gasteiger charge is 2.51. The standard InChI is InChI=1S/C34H38N6O6/c1-4-17-38-23-31(42)39-29(19-24-13-15-28(41)16-14-24)32(43)37(21-26-11-8-12-27(18-26)36(2)34(45)46-3)22-30(39)40(38)33(44)35-20-25-9-6-5-7-10-25/h4-16,18,29-30,41H,1,17,19-23H2,2-3H3,(H,35,44)/t29-,30-/m0/s1. The number of nitrogens with zero attached hydrogens (tertiary/aromatic N) is 5. The van der Waals surface area contributed by atoms with Gasteiger partial charge in [-0.2, -0.15) is 0 Å². The first-order valence-electron chi connectivity index (χ1n) is 15.0. The average Bonchev–Trinajstić information content (AvgIpc) is 3.06. The first kappa shape index (κ1) is 32.0. The van der Waals surface area contributed by atoms with Crippen molar-refractivity contribution in [2.24, 2.45) is 0 Å². The van der Waals surface area contributed by atoms with Crippen LogP contribution >= 0.6 is 0 Å². The summed E-state index contributed by atoms with van der Waals surface area (Å²) in [7, 11) is 2.90. The summed E-state index contributed by atoms with van der Waals surface area (Å²) in [6.45, 7) is 4.47. The lowest BCUT2D eigenvalue weighted by Gasteiger charge is -2.55. The van der Waals surface area contributed by atoms with Crippen molar-refractivity contribution >= 4 is 29.6 Å². The molecule has 0 saturated carbocycles. The van der Waals surface area contributed by atoms with E-state index in [4.69, 9.17) is 4.74 Å². The third-order valence-electron chi connectivity index (χ3n) is 8.15. The van der Waals surface area contributed by atoms with E-state index in [1.54, 1.807) is 53.4 Å². The monoisotopic (exact) mass is 626 g/mol. The number of phenolic OH excluding ortho intramolecular Hbond substituents is 1. The molecule has 2 atom stereocenters. The molecule has 3 aromatic carbocycles. The number of hydrazine groups is 1. The number of hydrogen-bond acceptors (Lipinski definition) is 7. The fourth-order valence-electron chi connectivity index (χ4n) is 5.88. The number of carbonyl (C=O) groups excluding carboxylic acids is 4. The summed E-state index contributed by atoms with van der Waals surface area (Å²) in [5, 5.41) is 16.0. The van der Waals surface area contributed by atoms with Crippen molar-refractivity contribution in [2.45, 2.75) is 31.7 Å². The van der Waals surface area contributed by atoms with Gasteiger partial charge < -0.3 is 25.0 Å². The molecule has 46 heavy (non-hydrogen) atoms. The van der Waals surface area contributed by atoms with Gasteiger partial charge in [0.15, 0.2) is 0 Å². The van der Waals surface area contributed by atoms with Gasteiger partial charge in [0.2, 0.25) is 11.8 Å². The van der Waals surface area contributed by atoms with Crippen LogP contribution in [0.5, 0.6) is 5.75 Å². The molecule has 240 valence electrons. The molecule has 12 heteroatoms. The molecule has 0 radical (unpaired) electrons. The number of phenols is 1. The lowest BCUT2D eigenvalue weighted by Crippen LogP contribution is -2.76. The van der Waals surface area contributed by atoms with E-state index in [-0.39, 0.29) is 56.7 Å². The molecule has 0 spiro atoms.